The summed E-state index contributed by atoms with van der Waals surface area (Å²) in [5.74, 6) is 5.87. The molecular weight excluding hydrogens is 288 g/mol. The lowest BCUT2D eigenvalue weighted by atomic mass is 10.2. The van der Waals surface area contributed by atoms with Gasteiger partial charge >= 0.3 is 0 Å². The number of fused-ring (bicyclic) bond motifs is 1. The van der Waals surface area contributed by atoms with E-state index in [2.05, 4.69) is 10.4 Å². The zero-order valence-corrected chi connectivity index (χ0v) is 12.6. The number of hydrogen-bond donors (Lipinski definition) is 2. The number of nitrogens with two attached hydrogens (primary N) is 1. The van der Waals surface area contributed by atoms with Gasteiger partial charge in [-0.25, -0.2) is 19.2 Å². The first kappa shape index (κ1) is 14.2. The van der Waals surface area contributed by atoms with Gasteiger partial charge in [-0.1, -0.05) is 6.92 Å². The van der Waals surface area contributed by atoms with E-state index >= 15 is 0 Å². The number of nitrogens with zero attached hydrogens (tertiary/aromatic N) is 2. The Kier molecular flexibility index (Phi) is 3.56. The molecule has 7 heteroatoms. The van der Waals surface area contributed by atoms with Crippen LogP contribution in [0.1, 0.15) is 19.8 Å². The van der Waals surface area contributed by atoms with Crippen LogP contribution in [-0.4, -0.2) is 30.3 Å². The number of pyridine rings is 1. The van der Waals surface area contributed by atoms with E-state index in [1.165, 1.54) is 0 Å². The lowest BCUT2D eigenvalue weighted by molar-refractivity contribution is 0.421. The summed E-state index contributed by atoms with van der Waals surface area (Å²) in [6.45, 7) is 2.37. The van der Waals surface area contributed by atoms with Gasteiger partial charge in [-0.05, 0) is 43.2 Å². The zero-order valence-electron chi connectivity index (χ0n) is 11.8. The molecule has 1 fully saturated rings. The van der Waals surface area contributed by atoms with Crippen molar-refractivity contribution in [3.63, 3.8) is 0 Å². The largest absolute Gasteiger partial charge is 0.308 e. The van der Waals surface area contributed by atoms with Crippen molar-refractivity contribution in [3.05, 3.63) is 30.3 Å². The van der Waals surface area contributed by atoms with Crippen molar-refractivity contribution in [1.29, 1.82) is 0 Å². The molecule has 0 unspecified atom stereocenters. The monoisotopic (exact) mass is 306 g/mol. The van der Waals surface area contributed by atoms with E-state index in [1.54, 1.807) is 28.6 Å². The molecule has 1 heterocycles. The van der Waals surface area contributed by atoms with E-state index in [9.17, 15) is 8.42 Å². The van der Waals surface area contributed by atoms with Gasteiger partial charge in [0.2, 0.25) is 10.0 Å². The molecule has 0 atom stereocenters. The standard InChI is InChI=1S/C14H18N4O2S/c1-2-18(11-4-5-11)21(19,20)12-6-7-13-10(9-12)3-8-14(16-13)17-15/h3,6-9,11H,2,4-5,15H2,1H3,(H,16,17). The van der Waals surface area contributed by atoms with E-state index < -0.39 is 10.0 Å². The van der Waals surface area contributed by atoms with Crippen LogP contribution in [0.4, 0.5) is 5.82 Å². The van der Waals surface area contributed by atoms with Crippen molar-refractivity contribution >= 4 is 26.7 Å². The maximum atomic E-state index is 12.7. The zero-order chi connectivity index (χ0) is 15.0. The summed E-state index contributed by atoms with van der Waals surface area (Å²) in [6, 6.07) is 8.68. The van der Waals surface area contributed by atoms with E-state index in [4.69, 9.17) is 5.84 Å². The van der Waals surface area contributed by atoms with Gasteiger partial charge < -0.3 is 5.43 Å². The quantitative estimate of drug-likeness (QED) is 0.648. The number of hydrogen-bond acceptors (Lipinski definition) is 5. The number of rotatable bonds is 5. The molecule has 3 N–H and O–H groups in total. The van der Waals surface area contributed by atoms with Crippen LogP contribution in [0.5, 0.6) is 0 Å². The Hall–Kier alpha value is -1.70. The maximum absolute atomic E-state index is 12.7. The van der Waals surface area contributed by atoms with Crippen LogP contribution in [0.3, 0.4) is 0 Å². The molecule has 112 valence electrons. The molecule has 0 amide bonds. The topological polar surface area (TPSA) is 88.3 Å². The number of hydrazine groups is 1. The summed E-state index contributed by atoms with van der Waals surface area (Å²) >= 11 is 0. The van der Waals surface area contributed by atoms with Gasteiger partial charge in [0.25, 0.3) is 0 Å². The molecule has 2 aromatic rings. The molecule has 0 aliphatic heterocycles. The first-order chi connectivity index (χ1) is 10.1. The highest BCUT2D eigenvalue weighted by Crippen LogP contribution is 2.32. The van der Waals surface area contributed by atoms with Crippen LogP contribution in [-0.2, 0) is 10.0 Å². The van der Waals surface area contributed by atoms with Crippen LogP contribution >= 0.6 is 0 Å². The summed E-state index contributed by atoms with van der Waals surface area (Å²) in [7, 11) is -3.43. The maximum Gasteiger partial charge on any atom is 0.243 e. The minimum atomic E-state index is -3.43. The third-order valence-corrected chi connectivity index (χ3v) is 5.70. The first-order valence-electron chi connectivity index (χ1n) is 6.95. The Morgan fingerprint density at radius 1 is 1.33 bits per heavy atom. The van der Waals surface area contributed by atoms with Gasteiger partial charge in [0.1, 0.15) is 5.82 Å². The summed E-state index contributed by atoms with van der Waals surface area (Å²) in [5, 5.41) is 0.780. The minimum absolute atomic E-state index is 0.164. The Balaban J connectivity index is 2.04. The molecule has 1 aromatic carbocycles. The second-order valence-electron chi connectivity index (χ2n) is 5.13. The third-order valence-electron chi connectivity index (χ3n) is 3.68. The fourth-order valence-electron chi connectivity index (χ4n) is 2.47. The van der Waals surface area contributed by atoms with Crippen molar-refractivity contribution in [2.24, 2.45) is 5.84 Å². The highest BCUT2D eigenvalue weighted by Gasteiger charge is 2.36. The molecule has 0 bridgehead atoms. The second kappa shape index (κ2) is 5.25. The Morgan fingerprint density at radius 2 is 2.10 bits per heavy atom. The highest BCUT2D eigenvalue weighted by molar-refractivity contribution is 7.89. The first-order valence-corrected chi connectivity index (χ1v) is 8.39. The van der Waals surface area contributed by atoms with E-state index in [0.29, 0.717) is 22.8 Å². The molecule has 3 rings (SSSR count). The number of aromatic nitrogens is 1. The lowest BCUT2D eigenvalue weighted by Crippen LogP contribution is -2.32. The molecule has 1 saturated carbocycles. The van der Waals surface area contributed by atoms with Gasteiger partial charge in [-0.2, -0.15) is 4.31 Å². The van der Waals surface area contributed by atoms with Crippen LogP contribution in [0.15, 0.2) is 35.2 Å². The fraction of sp³-hybridized carbons (Fsp3) is 0.357. The van der Waals surface area contributed by atoms with Gasteiger partial charge in [0, 0.05) is 18.0 Å². The fourth-order valence-corrected chi connectivity index (χ4v) is 4.20. The SMILES string of the molecule is CCN(C1CC1)S(=O)(=O)c1ccc2nc(NN)ccc2c1. The van der Waals surface area contributed by atoms with Gasteiger partial charge in [-0.3, -0.25) is 0 Å². The smallest absolute Gasteiger partial charge is 0.243 e. The second-order valence-corrected chi connectivity index (χ2v) is 7.03. The Labute approximate surface area is 124 Å². The van der Waals surface area contributed by atoms with E-state index in [-0.39, 0.29) is 6.04 Å². The van der Waals surface area contributed by atoms with Gasteiger partial charge in [0.05, 0.1) is 10.4 Å². The molecule has 21 heavy (non-hydrogen) atoms. The minimum Gasteiger partial charge on any atom is -0.308 e. The Bertz CT molecular complexity index is 772. The number of nitrogens with one attached hydrogen (secondary N) is 1. The van der Waals surface area contributed by atoms with E-state index in [0.717, 1.165) is 18.2 Å². The van der Waals surface area contributed by atoms with Crippen LogP contribution in [0.25, 0.3) is 10.9 Å². The lowest BCUT2D eigenvalue weighted by Gasteiger charge is -2.20. The summed E-state index contributed by atoms with van der Waals surface area (Å²) in [6.07, 6.45) is 1.90. The normalized spacial score (nSPS) is 15.6. The predicted molar refractivity (Wildman–Crippen MR) is 82.1 cm³/mol. The molecule has 1 aliphatic carbocycles. The summed E-state index contributed by atoms with van der Waals surface area (Å²) in [5.41, 5.74) is 3.18. The van der Waals surface area contributed by atoms with Crippen LogP contribution in [0, 0.1) is 0 Å². The molecule has 6 nitrogen and oxygen atoms in total. The van der Waals surface area contributed by atoms with Gasteiger partial charge in [-0.15, -0.1) is 0 Å². The molecule has 0 saturated heterocycles. The predicted octanol–water partition coefficient (Wildman–Crippen LogP) is 1.69. The van der Waals surface area contributed by atoms with Gasteiger partial charge in [0.15, 0.2) is 0 Å². The molecule has 0 radical (unpaired) electrons. The number of benzene rings is 1. The number of anilines is 1. The average molecular weight is 306 g/mol. The average Bonchev–Trinajstić information content (AvgIpc) is 3.31. The van der Waals surface area contributed by atoms with Crippen molar-refractivity contribution in [2.45, 2.75) is 30.7 Å². The molecular formula is C14H18N4O2S. The molecule has 1 aliphatic rings. The van der Waals surface area contributed by atoms with Crippen LogP contribution in [0.2, 0.25) is 0 Å². The highest BCUT2D eigenvalue weighted by atomic mass is 32.2. The van der Waals surface area contributed by atoms with Crippen molar-refractivity contribution < 1.29 is 8.42 Å². The summed E-state index contributed by atoms with van der Waals surface area (Å²) < 4.78 is 27.0. The Morgan fingerprint density at radius 3 is 2.71 bits per heavy atom. The number of nitrogen functional groups attached to an aromatic ring is 1. The summed E-state index contributed by atoms with van der Waals surface area (Å²) in [4.78, 5) is 4.60. The van der Waals surface area contributed by atoms with Crippen LogP contribution < -0.4 is 11.3 Å². The van der Waals surface area contributed by atoms with Crippen molar-refractivity contribution in [2.75, 3.05) is 12.0 Å². The van der Waals surface area contributed by atoms with Crippen molar-refractivity contribution in [3.8, 4) is 0 Å². The van der Waals surface area contributed by atoms with Crippen molar-refractivity contribution in [1.82, 2.24) is 9.29 Å². The third kappa shape index (κ3) is 2.59. The van der Waals surface area contributed by atoms with E-state index in [1.807, 2.05) is 13.0 Å². The molecule has 0 spiro atoms. The molecule has 1 aromatic heterocycles. The number of sulfonamides is 1.